The maximum atomic E-state index is 12.8. The van der Waals surface area contributed by atoms with Crippen molar-refractivity contribution in [2.75, 3.05) is 54.1 Å². The molecule has 9 heteroatoms. The van der Waals surface area contributed by atoms with Gasteiger partial charge in [0.2, 0.25) is 0 Å². The van der Waals surface area contributed by atoms with Gasteiger partial charge in [-0.05, 0) is 12.8 Å². The fourth-order valence-electron chi connectivity index (χ4n) is 8.55. The van der Waals surface area contributed by atoms with Crippen LogP contribution < -0.4 is 4.89 Å². The van der Waals surface area contributed by atoms with Gasteiger partial charge in [0.15, 0.2) is 0 Å². The lowest BCUT2D eigenvalue weighted by atomic mass is 10.0. The second kappa shape index (κ2) is 48.9. The average Bonchev–Trinajstić information content (AvgIpc) is 3.25. The molecule has 0 aromatic carbocycles. The fraction of sp³-hybridized carbons (Fsp3) is 0.982. The highest BCUT2D eigenvalue weighted by atomic mass is 31.2. The van der Waals surface area contributed by atoms with E-state index >= 15 is 0 Å². The molecule has 0 aliphatic carbocycles. The molecule has 0 aromatic rings. The van der Waals surface area contributed by atoms with E-state index in [0.29, 0.717) is 24.1 Å². The highest BCUT2D eigenvalue weighted by Gasteiger charge is 2.20. The first-order valence-corrected chi connectivity index (χ1v) is 29.7. The van der Waals surface area contributed by atoms with Gasteiger partial charge in [0.25, 0.3) is 7.82 Å². The standard InChI is InChI=1S/C55H112NO7P/c1-6-8-10-12-14-16-18-20-22-24-26-28-30-32-34-36-38-40-42-44-46-48-55(57)63-54(53-62-64(58,59)61-51-49-56(3,4)5)52-60-50-47-45-43-41-39-37-35-33-31-29-27-25-23-21-19-17-15-13-11-9-7-2/h54H,6-53H2,1-5H3. The Hall–Kier alpha value is -0.500. The highest BCUT2D eigenvalue weighted by Crippen LogP contribution is 2.38. The van der Waals surface area contributed by atoms with Crippen molar-refractivity contribution >= 4 is 13.8 Å². The van der Waals surface area contributed by atoms with Gasteiger partial charge in [-0.1, -0.05) is 271 Å². The van der Waals surface area contributed by atoms with E-state index in [1.165, 1.54) is 238 Å². The summed E-state index contributed by atoms with van der Waals surface area (Å²) in [6.07, 6.45) is 55.7. The topological polar surface area (TPSA) is 94.1 Å². The molecule has 64 heavy (non-hydrogen) atoms. The summed E-state index contributed by atoms with van der Waals surface area (Å²) in [6.45, 7) is 5.51. The molecular formula is C55H112NO7P. The van der Waals surface area contributed by atoms with Crippen molar-refractivity contribution in [1.29, 1.82) is 0 Å². The largest absolute Gasteiger partial charge is 0.756 e. The molecule has 0 heterocycles. The first kappa shape index (κ1) is 63.5. The number of quaternary nitrogens is 1. The number of carbonyl (C=O) groups is 1. The summed E-state index contributed by atoms with van der Waals surface area (Å²) in [5.41, 5.74) is 0. The number of likely N-dealkylation sites (N-methyl/N-ethyl adjacent to an activating group) is 1. The van der Waals surface area contributed by atoms with Crippen molar-refractivity contribution in [3.63, 3.8) is 0 Å². The van der Waals surface area contributed by atoms with Crippen LogP contribution in [0.25, 0.3) is 0 Å². The van der Waals surface area contributed by atoms with Crippen molar-refractivity contribution < 1.29 is 37.3 Å². The molecule has 0 aromatic heterocycles. The van der Waals surface area contributed by atoms with E-state index in [2.05, 4.69) is 13.8 Å². The molecule has 0 fully saturated rings. The zero-order chi connectivity index (χ0) is 46.9. The van der Waals surface area contributed by atoms with Crippen LogP contribution in [0.5, 0.6) is 0 Å². The number of esters is 1. The van der Waals surface area contributed by atoms with Gasteiger partial charge in [-0.2, -0.15) is 0 Å². The van der Waals surface area contributed by atoms with E-state index in [4.69, 9.17) is 18.5 Å². The van der Waals surface area contributed by atoms with Gasteiger partial charge in [0.05, 0.1) is 34.4 Å². The Morgan fingerprint density at radius 3 is 1.03 bits per heavy atom. The summed E-state index contributed by atoms with van der Waals surface area (Å²) in [6, 6.07) is 0. The number of phosphoric ester groups is 1. The molecular weight excluding hydrogens is 818 g/mol. The van der Waals surface area contributed by atoms with Crippen molar-refractivity contribution in [1.82, 2.24) is 0 Å². The maximum absolute atomic E-state index is 12.8. The molecule has 0 spiro atoms. The third-order valence-electron chi connectivity index (χ3n) is 12.9. The SMILES string of the molecule is CCCCCCCCCCCCCCCCCCCCCCCOCC(COP(=O)([O-])OCC[N+](C)(C)C)OC(=O)CCCCCCCCCCCCCCCCCCCCCCC. The van der Waals surface area contributed by atoms with Crippen LogP contribution in [0.1, 0.15) is 290 Å². The molecule has 0 aliphatic rings. The van der Waals surface area contributed by atoms with Crippen molar-refractivity contribution in [3.8, 4) is 0 Å². The highest BCUT2D eigenvalue weighted by molar-refractivity contribution is 7.45. The lowest BCUT2D eigenvalue weighted by molar-refractivity contribution is -0.870. The molecule has 0 N–H and O–H groups in total. The summed E-state index contributed by atoms with van der Waals surface area (Å²) in [5.74, 6) is -0.323. The van der Waals surface area contributed by atoms with Gasteiger partial charge in [-0.3, -0.25) is 9.36 Å². The lowest BCUT2D eigenvalue weighted by Gasteiger charge is -2.28. The zero-order valence-electron chi connectivity index (χ0n) is 43.8. The van der Waals surface area contributed by atoms with E-state index < -0.39 is 13.9 Å². The van der Waals surface area contributed by atoms with Crippen LogP contribution in [0.4, 0.5) is 0 Å². The smallest absolute Gasteiger partial charge is 0.306 e. The molecule has 0 saturated heterocycles. The van der Waals surface area contributed by atoms with Gasteiger partial charge in [0, 0.05) is 13.0 Å². The molecule has 0 amide bonds. The van der Waals surface area contributed by atoms with Gasteiger partial charge >= 0.3 is 5.97 Å². The van der Waals surface area contributed by atoms with Crippen LogP contribution in [-0.2, 0) is 27.9 Å². The van der Waals surface area contributed by atoms with Crippen molar-refractivity contribution in [2.45, 2.75) is 296 Å². The van der Waals surface area contributed by atoms with Crippen LogP contribution in [0.15, 0.2) is 0 Å². The first-order chi connectivity index (χ1) is 31.1. The minimum absolute atomic E-state index is 0.0319. The average molecular weight is 930 g/mol. The zero-order valence-corrected chi connectivity index (χ0v) is 44.7. The summed E-state index contributed by atoms with van der Waals surface area (Å²) in [7, 11) is 1.38. The predicted molar refractivity (Wildman–Crippen MR) is 273 cm³/mol. The number of ether oxygens (including phenoxy) is 2. The normalized spacial score (nSPS) is 13.4. The summed E-state index contributed by atoms with van der Waals surface area (Å²) < 4.78 is 34.9. The Balaban J connectivity index is 4.03. The Morgan fingerprint density at radius 1 is 0.422 bits per heavy atom. The number of hydrogen-bond donors (Lipinski definition) is 0. The quantitative estimate of drug-likeness (QED) is 0.0259. The Bertz CT molecular complexity index is 992. The molecule has 0 radical (unpaired) electrons. The number of carbonyl (C=O) groups excluding carboxylic acids is 1. The number of unbranched alkanes of at least 4 members (excludes halogenated alkanes) is 40. The second-order valence-electron chi connectivity index (χ2n) is 20.7. The van der Waals surface area contributed by atoms with Gasteiger partial charge < -0.3 is 27.9 Å². The van der Waals surface area contributed by atoms with Crippen LogP contribution in [0, 0.1) is 0 Å². The van der Waals surface area contributed by atoms with E-state index in [-0.39, 0.29) is 25.8 Å². The number of hydrogen-bond acceptors (Lipinski definition) is 7. The van der Waals surface area contributed by atoms with E-state index in [1.54, 1.807) is 0 Å². The Labute approximate surface area is 399 Å². The Kier molecular flexibility index (Phi) is 48.6. The molecule has 2 atom stereocenters. The number of nitrogens with zero attached hydrogens (tertiary/aromatic N) is 1. The van der Waals surface area contributed by atoms with E-state index in [0.717, 1.165) is 32.1 Å². The van der Waals surface area contributed by atoms with Crippen molar-refractivity contribution in [2.24, 2.45) is 0 Å². The second-order valence-corrected chi connectivity index (χ2v) is 22.1. The minimum Gasteiger partial charge on any atom is -0.756 e. The summed E-state index contributed by atoms with van der Waals surface area (Å²) >= 11 is 0. The van der Waals surface area contributed by atoms with E-state index in [1.807, 2.05) is 21.1 Å². The van der Waals surface area contributed by atoms with Crippen LogP contribution in [0.2, 0.25) is 0 Å². The monoisotopic (exact) mass is 930 g/mol. The predicted octanol–water partition coefficient (Wildman–Crippen LogP) is 16.9. The van der Waals surface area contributed by atoms with Crippen LogP contribution >= 0.6 is 7.82 Å². The summed E-state index contributed by atoms with van der Waals surface area (Å²) in [5, 5.41) is 0. The van der Waals surface area contributed by atoms with Crippen LogP contribution in [0.3, 0.4) is 0 Å². The van der Waals surface area contributed by atoms with Gasteiger partial charge in [-0.25, -0.2) is 0 Å². The minimum atomic E-state index is -4.53. The molecule has 0 saturated carbocycles. The molecule has 0 aliphatic heterocycles. The lowest BCUT2D eigenvalue weighted by Crippen LogP contribution is -2.37. The molecule has 2 unspecified atom stereocenters. The molecule has 8 nitrogen and oxygen atoms in total. The third-order valence-corrected chi connectivity index (χ3v) is 13.9. The number of phosphoric acid groups is 1. The first-order valence-electron chi connectivity index (χ1n) is 28.3. The molecule has 0 rings (SSSR count). The number of rotatable bonds is 54. The van der Waals surface area contributed by atoms with Gasteiger partial charge in [-0.15, -0.1) is 0 Å². The maximum Gasteiger partial charge on any atom is 0.306 e. The van der Waals surface area contributed by atoms with Crippen LogP contribution in [-0.4, -0.2) is 70.7 Å². The Morgan fingerprint density at radius 2 is 0.719 bits per heavy atom. The van der Waals surface area contributed by atoms with Crippen molar-refractivity contribution in [3.05, 3.63) is 0 Å². The fourth-order valence-corrected chi connectivity index (χ4v) is 9.28. The third kappa shape index (κ3) is 52.5. The molecule has 384 valence electrons. The van der Waals surface area contributed by atoms with Gasteiger partial charge in [0.1, 0.15) is 19.3 Å². The molecule has 0 bridgehead atoms. The van der Waals surface area contributed by atoms with E-state index in [9.17, 15) is 14.3 Å². The summed E-state index contributed by atoms with van der Waals surface area (Å²) in [4.78, 5) is 25.2.